The molecule has 1 saturated heterocycles. The van der Waals surface area contributed by atoms with Gasteiger partial charge in [0, 0.05) is 12.6 Å². The largest absolute Gasteiger partial charge is 0.482 e. The first-order valence-electron chi connectivity index (χ1n) is 6.51. The van der Waals surface area contributed by atoms with Gasteiger partial charge in [0.25, 0.3) is 5.91 Å². The third-order valence-corrected chi connectivity index (χ3v) is 5.27. The number of hydrogen-bond donors (Lipinski definition) is 2. The van der Waals surface area contributed by atoms with Gasteiger partial charge in [-0.15, -0.1) is 0 Å². The lowest BCUT2D eigenvalue weighted by Crippen LogP contribution is -2.29. The highest BCUT2D eigenvalue weighted by Gasteiger charge is 2.27. The second-order valence-electron chi connectivity index (χ2n) is 5.15. The maximum absolute atomic E-state index is 11.4. The zero-order valence-corrected chi connectivity index (χ0v) is 11.7. The molecule has 2 heterocycles. The number of benzene rings is 1. The van der Waals surface area contributed by atoms with Crippen molar-refractivity contribution in [3.05, 3.63) is 23.8 Å². The van der Waals surface area contributed by atoms with Gasteiger partial charge in [-0.3, -0.25) is 4.79 Å². The van der Waals surface area contributed by atoms with Crippen molar-refractivity contribution in [2.24, 2.45) is 0 Å². The molecule has 2 aliphatic heterocycles. The number of fused-ring (bicyclic) bond motifs is 1. The zero-order valence-electron chi connectivity index (χ0n) is 10.9. The molecule has 1 aromatic rings. The zero-order chi connectivity index (χ0) is 14.2. The molecule has 1 amide bonds. The summed E-state index contributed by atoms with van der Waals surface area (Å²) < 4.78 is 28.0. The summed E-state index contributed by atoms with van der Waals surface area (Å²) in [5, 5.41) is 5.99. The van der Waals surface area contributed by atoms with Gasteiger partial charge in [-0.2, -0.15) is 0 Å². The van der Waals surface area contributed by atoms with Crippen LogP contribution in [0.4, 0.5) is 5.69 Å². The Hall–Kier alpha value is -1.60. The average molecular weight is 296 g/mol. The Morgan fingerprint density at radius 1 is 1.40 bits per heavy atom. The van der Waals surface area contributed by atoms with Crippen LogP contribution < -0.4 is 15.4 Å². The molecular formula is C13H16N2O4S. The van der Waals surface area contributed by atoms with Crippen molar-refractivity contribution in [1.29, 1.82) is 0 Å². The molecule has 1 atom stereocenters. The summed E-state index contributed by atoms with van der Waals surface area (Å²) in [6.07, 6.45) is 0.660. The Labute approximate surface area is 117 Å². The lowest BCUT2D eigenvalue weighted by atomic mass is 10.1. The molecule has 0 spiro atoms. The van der Waals surface area contributed by atoms with Crippen LogP contribution in [0.3, 0.4) is 0 Å². The highest BCUT2D eigenvalue weighted by Crippen LogP contribution is 2.28. The fourth-order valence-corrected chi connectivity index (χ4v) is 4.17. The quantitative estimate of drug-likeness (QED) is 0.838. The monoisotopic (exact) mass is 296 g/mol. The van der Waals surface area contributed by atoms with E-state index in [1.165, 1.54) is 0 Å². The molecule has 0 radical (unpaired) electrons. The van der Waals surface area contributed by atoms with Crippen molar-refractivity contribution in [3.8, 4) is 5.75 Å². The number of carbonyl (C=O) groups is 1. The van der Waals surface area contributed by atoms with E-state index in [-0.39, 0.29) is 30.1 Å². The Bertz CT molecular complexity index is 642. The average Bonchev–Trinajstić information content (AvgIpc) is 2.75. The van der Waals surface area contributed by atoms with E-state index in [0.29, 0.717) is 24.4 Å². The second kappa shape index (κ2) is 5.06. The number of ether oxygens (including phenoxy) is 1. The first-order chi connectivity index (χ1) is 9.52. The molecule has 2 aliphatic rings. The predicted octanol–water partition coefficient (Wildman–Crippen LogP) is 0.294. The molecule has 3 rings (SSSR count). The standard InChI is InChI=1S/C13H16N2O4S/c16-13-7-19-12-2-1-9(5-11(12)15-13)6-14-10-3-4-20(17,18)8-10/h1-2,5,10,14H,3-4,6-8H2,(H,15,16). The minimum absolute atomic E-state index is 0.0156. The number of rotatable bonds is 3. The van der Waals surface area contributed by atoms with E-state index < -0.39 is 9.84 Å². The Kier molecular flexibility index (Phi) is 3.39. The topological polar surface area (TPSA) is 84.5 Å². The van der Waals surface area contributed by atoms with Crippen LogP contribution in [0.25, 0.3) is 0 Å². The van der Waals surface area contributed by atoms with E-state index in [1.807, 2.05) is 18.2 Å². The lowest BCUT2D eigenvalue weighted by Gasteiger charge is -2.19. The van der Waals surface area contributed by atoms with Gasteiger partial charge in [0.1, 0.15) is 5.75 Å². The number of carbonyl (C=O) groups excluding carboxylic acids is 1. The normalized spacial score (nSPS) is 23.8. The third-order valence-electron chi connectivity index (χ3n) is 3.50. The van der Waals surface area contributed by atoms with Crippen molar-refractivity contribution >= 4 is 21.4 Å². The molecule has 7 heteroatoms. The van der Waals surface area contributed by atoms with Gasteiger partial charge in [0.05, 0.1) is 17.2 Å². The van der Waals surface area contributed by atoms with Crippen LogP contribution in [0.2, 0.25) is 0 Å². The molecule has 0 bridgehead atoms. The van der Waals surface area contributed by atoms with Gasteiger partial charge in [-0.1, -0.05) is 6.07 Å². The second-order valence-corrected chi connectivity index (χ2v) is 7.38. The number of amides is 1. The molecule has 2 N–H and O–H groups in total. The van der Waals surface area contributed by atoms with Crippen LogP contribution in [0.5, 0.6) is 5.75 Å². The van der Waals surface area contributed by atoms with E-state index in [0.717, 1.165) is 5.56 Å². The fourth-order valence-electron chi connectivity index (χ4n) is 2.46. The Balaban J connectivity index is 1.64. The van der Waals surface area contributed by atoms with Crippen LogP contribution >= 0.6 is 0 Å². The van der Waals surface area contributed by atoms with E-state index in [9.17, 15) is 13.2 Å². The summed E-state index contributed by atoms with van der Waals surface area (Å²) in [7, 11) is -2.86. The molecular weight excluding hydrogens is 280 g/mol. The summed E-state index contributed by atoms with van der Waals surface area (Å²) in [5.74, 6) is 0.970. The van der Waals surface area contributed by atoms with Gasteiger partial charge in [-0.05, 0) is 24.1 Å². The smallest absolute Gasteiger partial charge is 0.262 e. The first kappa shape index (κ1) is 13.4. The predicted molar refractivity (Wildman–Crippen MR) is 74.5 cm³/mol. The van der Waals surface area contributed by atoms with Crippen molar-refractivity contribution in [2.45, 2.75) is 19.0 Å². The Morgan fingerprint density at radius 3 is 3.00 bits per heavy atom. The highest BCUT2D eigenvalue weighted by atomic mass is 32.2. The molecule has 1 aromatic carbocycles. The van der Waals surface area contributed by atoms with Crippen LogP contribution in [0, 0.1) is 0 Å². The van der Waals surface area contributed by atoms with Crippen molar-refractivity contribution < 1.29 is 17.9 Å². The van der Waals surface area contributed by atoms with Crippen molar-refractivity contribution in [2.75, 3.05) is 23.4 Å². The van der Waals surface area contributed by atoms with E-state index in [2.05, 4.69) is 10.6 Å². The molecule has 1 unspecified atom stereocenters. The summed E-state index contributed by atoms with van der Waals surface area (Å²) in [6.45, 7) is 0.619. The Morgan fingerprint density at radius 2 is 2.25 bits per heavy atom. The molecule has 108 valence electrons. The number of nitrogens with one attached hydrogen (secondary N) is 2. The minimum atomic E-state index is -2.86. The minimum Gasteiger partial charge on any atom is -0.482 e. The first-order valence-corrected chi connectivity index (χ1v) is 8.33. The summed E-state index contributed by atoms with van der Waals surface area (Å²) in [6, 6.07) is 5.59. The van der Waals surface area contributed by atoms with E-state index in [1.54, 1.807) is 0 Å². The van der Waals surface area contributed by atoms with Gasteiger partial charge in [-0.25, -0.2) is 8.42 Å². The molecule has 20 heavy (non-hydrogen) atoms. The molecule has 1 fully saturated rings. The number of sulfone groups is 1. The van der Waals surface area contributed by atoms with Crippen LogP contribution in [0.15, 0.2) is 18.2 Å². The maximum Gasteiger partial charge on any atom is 0.262 e. The summed E-state index contributed by atoms with van der Waals surface area (Å²) in [4.78, 5) is 11.3. The summed E-state index contributed by atoms with van der Waals surface area (Å²) in [5.41, 5.74) is 1.65. The molecule has 0 saturated carbocycles. The van der Waals surface area contributed by atoms with Gasteiger partial charge < -0.3 is 15.4 Å². The van der Waals surface area contributed by atoms with Crippen molar-refractivity contribution in [3.63, 3.8) is 0 Å². The molecule has 6 nitrogen and oxygen atoms in total. The summed E-state index contributed by atoms with van der Waals surface area (Å²) >= 11 is 0. The SMILES string of the molecule is O=C1COc2ccc(CNC3CCS(=O)(=O)C3)cc2N1. The molecule has 0 aliphatic carbocycles. The van der Waals surface area contributed by atoms with Gasteiger partial charge in [0.2, 0.25) is 0 Å². The van der Waals surface area contributed by atoms with E-state index >= 15 is 0 Å². The highest BCUT2D eigenvalue weighted by molar-refractivity contribution is 7.91. The van der Waals surface area contributed by atoms with Crippen molar-refractivity contribution in [1.82, 2.24) is 5.32 Å². The maximum atomic E-state index is 11.4. The van der Waals surface area contributed by atoms with Gasteiger partial charge >= 0.3 is 0 Å². The lowest BCUT2D eigenvalue weighted by molar-refractivity contribution is -0.118. The van der Waals surface area contributed by atoms with Crippen LogP contribution in [0.1, 0.15) is 12.0 Å². The number of anilines is 1. The molecule has 0 aromatic heterocycles. The van der Waals surface area contributed by atoms with Gasteiger partial charge in [0.15, 0.2) is 16.4 Å². The van der Waals surface area contributed by atoms with E-state index in [4.69, 9.17) is 4.74 Å². The number of hydrogen-bond acceptors (Lipinski definition) is 5. The fraction of sp³-hybridized carbons (Fsp3) is 0.462. The van der Waals surface area contributed by atoms with Crippen LogP contribution in [-0.2, 0) is 21.2 Å². The van der Waals surface area contributed by atoms with Crippen LogP contribution in [-0.4, -0.2) is 38.5 Å². The third kappa shape index (κ3) is 2.94.